The van der Waals surface area contributed by atoms with E-state index in [1.54, 1.807) is 0 Å². The van der Waals surface area contributed by atoms with E-state index < -0.39 is 0 Å². The van der Waals surface area contributed by atoms with Crippen LogP contribution in [0.15, 0.2) is 42.5 Å². The fourth-order valence-electron chi connectivity index (χ4n) is 1.24. The minimum absolute atomic E-state index is 0.0209. The molecule has 0 N–H and O–H groups in total. The second-order valence-corrected chi connectivity index (χ2v) is 3.04. The van der Waals surface area contributed by atoms with Gasteiger partial charge in [-0.15, -0.1) is 0 Å². The summed E-state index contributed by atoms with van der Waals surface area (Å²) in [6, 6.07) is 9.38. The van der Waals surface area contributed by atoms with Crippen LogP contribution in [0.2, 0.25) is 0 Å². The largest absolute Gasteiger partial charge is 0.294 e. The van der Waals surface area contributed by atoms with Crippen LogP contribution in [-0.2, 0) is 0 Å². The zero-order valence-electron chi connectivity index (χ0n) is 8.03. The molecule has 1 unspecified atom stereocenters. The average Bonchev–Trinajstić information content (AvgIpc) is 2.18. The number of carbonyl (C=O) groups excluding carboxylic acids is 1. The molecule has 0 radical (unpaired) electrons. The first-order valence-electron chi connectivity index (χ1n) is 4.47. The molecule has 0 aliphatic heterocycles. The zero-order valence-corrected chi connectivity index (χ0v) is 8.03. The van der Waals surface area contributed by atoms with Gasteiger partial charge in [-0.25, -0.2) is 0 Å². The van der Waals surface area contributed by atoms with Gasteiger partial charge in [0.1, 0.15) is 0 Å². The van der Waals surface area contributed by atoms with E-state index in [-0.39, 0.29) is 11.7 Å². The van der Waals surface area contributed by atoms with E-state index in [1.165, 1.54) is 0 Å². The Balaban J connectivity index is 2.80. The lowest BCUT2D eigenvalue weighted by Crippen LogP contribution is -2.08. The Morgan fingerprint density at radius 2 is 1.92 bits per heavy atom. The normalized spacial score (nSPS) is 13.1. The molecule has 0 fully saturated rings. The van der Waals surface area contributed by atoms with Crippen molar-refractivity contribution in [2.75, 3.05) is 0 Å². The lowest BCUT2D eigenvalue weighted by Gasteiger charge is -2.04. The molecule has 0 aromatic heterocycles. The molecule has 1 aromatic rings. The monoisotopic (exact) mass is 174 g/mol. The van der Waals surface area contributed by atoms with Crippen LogP contribution in [0, 0.1) is 5.92 Å². The van der Waals surface area contributed by atoms with E-state index in [0.29, 0.717) is 0 Å². The minimum atomic E-state index is -0.0209. The number of benzene rings is 1. The third kappa shape index (κ3) is 2.55. The van der Waals surface area contributed by atoms with Crippen molar-refractivity contribution in [2.45, 2.75) is 13.8 Å². The predicted molar refractivity (Wildman–Crippen MR) is 54.8 cm³/mol. The highest BCUT2D eigenvalue weighted by molar-refractivity contribution is 5.98. The van der Waals surface area contributed by atoms with E-state index in [1.807, 2.05) is 56.3 Å². The molecule has 1 aromatic carbocycles. The maximum absolute atomic E-state index is 11.7. The molecule has 0 saturated heterocycles. The molecule has 1 nitrogen and oxygen atoms in total. The molecule has 0 aliphatic rings. The Morgan fingerprint density at radius 3 is 2.46 bits per heavy atom. The van der Waals surface area contributed by atoms with E-state index >= 15 is 0 Å². The number of hydrogen-bond acceptors (Lipinski definition) is 1. The first-order chi connectivity index (χ1) is 6.25. The molecule has 1 atom stereocenters. The summed E-state index contributed by atoms with van der Waals surface area (Å²) < 4.78 is 0. The van der Waals surface area contributed by atoms with Crippen molar-refractivity contribution < 1.29 is 4.79 Å². The molecule has 0 aliphatic carbocycles. The number of carbonyl (C=O) groups is 1. The Kier molecular flexibility index (Phi) is 3.44. The van der Waals surface area contributed by atoms with Gasteiger partial charge in [-0.1, -0.05) is 49.4 Å². The summed E-state index contributed by atoms with van der Waals surface area (Å²) in [7, 11) is 0. The van der Waals surface area contributed by atoms with E-state index in [9.17, 15) is 4.79 Å². The van der Waals surface area contributed by atoms with Gasteiger partial charge in [0, 0.05) is 11.5 Å². The van der Waals surface area contributed by atoms with Crippen LogP contribution < -0.4 is 0 Å². The zero-order chi connectivity index (χ0) is 9.68. The van der Waals surface area contributed by atoms with E-state index in [0.717, 1.165) is 5.56 Å². The van der Waals surface area contributed by atoms with E-state index in [2.05, 4.69) is 0 Å². The third-order valence-corrected chi connectivity index (χ3v) is 1.95. The molecule has 0 saturated carbocycles. The second-order valence-electron chi connectivity index (χ2n) is 3.04. The number of Topliss-reactive ketones (excluding diaryl/α,β-unsaturated/α-hetero) is 1. The van der Waals surface area contributed by atoms with Crippen molar-refractivity contribution in [3.8, 4) is 0 Å². The first kappa shape index (κ1) is 9.72. The highest BCUT2D eigenvalue weighted by Gasteiger charge is 2.10. The second kappa shape index (κ2) is 4.61. The number of ketones is 1. The summed E-state index contributed by atoms with van der Waals surface area (Å²) in [5.41, 5.74) is 0.785. The SMILES string of the molecule is C/C=C/C(C)C(=O)c1ccccc1. The quantitative estimate of drug-likeness (QED) is 0.508. The first-order valence-corrected chi connectivity index (χ1v) is 4.47. The lowest BCUT2D eigenvalue weighted by molar-refractivity contribution is 0.0953. The third-order valence-electron chi connectivity index (χ3n) is 1.95. The molecule has 0 heterocycles. The molecule has 1 heteroatoms. The van der Waals surface area contributed by atoms with Crippen molar-refractivity contribution in [2.24, 2.45) is 5.92 Å². The van der Waals surface area contributed by atoms with Gasteiger partial charge in [-0.3, -0.25) is 4.79 Å². The maximum atomic E-state index is 11.7. The smallest absolute Gasteiger partial charge is 0.169 e. The topological polar surface area (TPSA) is 17.1 Å². The molecule has 0 amide bonds. The van der Waals surface area contributed by atoms with Crippen LogP contribution >= 0.6 is 0 Å². The Morgan fingerprint density at radius 1 is 1.31 bits per heavy atom. The fourth-order valence-corrected chi connectivity index (χ4v) is 1.24. The van der Waals surface area contributed by atoms with Gasteiger partial charge in [-0.05, 0) is 6.92 Å². The number of hydrogen-bond donors (Lipinski definition) is 0. The molecule has 68 valence electrons. The Bertz CT molecular complexity index is 298. The van der Waals surface area contributed by atoms with Gasteiger partial charge in [-0.2, -0.15) is 0 Å². The van der Waals surface area contributed by atoms with Gasteiger partial charge < -0.3 is 0 Å². The molecular formula is C12H14O. The summed E-state index contributed by atoms with van der Waals surface area (Å²) in [4.78, 5) is 11.7. The lowest BCUT2D eigenvalue weighted by atomic mass is 9.99. The summed E-state index contributed by atoms with van der Waals surface area (Å²) in [6.07, 6.45) is 3.82. The van der Waals surface area contributed by atoms with Gasteiger partial charge in [0.25, 0.3) is 0 Å². The van der Waals surface area contributed by atoms with Crippen molar-refractivity contribution in [3.63, 3.8) is 0 Å². The van der Waals surface area contributed by atoms with Crippen molar-refractivity contribution in [3.05, 3.63) is 48.0 Å². The van der Waals surface area contributed by atoms with Gasteiger partial charge >= 0.3 is 0 Å². The highest BCUT2D eigenvalue weighted by Crippen LogP contribution is 2.09. The van der Waals surface area contributed by atoms with Crippen LogP contribution in [0.5, 0.6) is 0 Å². The minimum Gasteiger partial charge on any atom is -0.294 e. The van der Waals surface area contributed by atoms with Gasteiger partial charge in [0.2, 0.25) is 0 Å². The van der Waals surface area contributed by atoms with E-state index in [4.69, 9.17) is 0 Å². The predicted octanol–water partition coefficient (Wildman–Crippen LogP) is 3.08. The van der Waals surface area contributed by atoms with Crippen LogP contribution in [-0.4, -0.2) is 5.78 Å². The molecule has 0 spiro atoms. The van der Waals surface area contributed by atoms with Gasteiger partial charge in [0.15, 0.2) is 5.78 Å². The van der Waals surface area contributed by atoms with Crippen LogP contribution in [0.25, 0.3) is 0 Å². The molecular weight excluding hydrogens is 160 g/mol. The molecule has 0 bridgehead atoms. The number of allylic oxidation sites excluding steroid dienone is 2. The number of rotatable bonds is 3. The fraction of sp³-hybridized carbons (Fsp3) is 0.250. The van der Waals surface area contributed by atoms with Crippen LogP contribution in [0.4, 0.5) is 0 Å². The Hall–Kier alpha value is -1.37. The van der Waals surface area contributed by atoms with Crippen LogP contribution in [0.1, 0.15) is 24.2 Å². The van der Waals surface area contributed by atoms with Crippen molar-refractivity contribution in [1.29, 1.82) is 0 Å². The van der Waals surface area contributed by atoms with Crippen molar-refractivity contribution >= 4 is 5.78 Å². The Labute approximate surface area is 79.1 Å². The maximum Gasteiger partial charge on any atom is 0.169 e. The molecule has 1 rings (SSSR count). The standard InChI is InChI=1S/C12H14O/c1-3-7-10(2)12(13)11-8-5-4-6-9-11/h3-10H,1-2H3/b7-3+. The summed E-state index contributed by atoms with van der Waals surface area (Å²) in [6.45, 7) is 3.84. The summed E-state index contributed by atoms with van der Waals surface area (Å²) in [5, 5.41) is 0. The van der Waals surface area contributed by atoms with Gasteiger partial charge in [0.05, 0.1) is 0 Å². The van der Waals surface area contributed by atoms with Crippen molar-refractivity contribution in [1.82, 2.24) is 0 Å². The summed E-state index contributed by atoms with van der Waals surface area (Å²) >= 11 is 0. The average molecular weight is 174 g/mol. The molecule has 13 heavy (non-hydrogen) atoms. The van der Waals surface area contributed by atoms with Crippen LogP contribution in [0.3, 0.4) is 0 Å². The summed E-state index contributed by atoms with van der Waals surface area (Å²) in [5.74, 6) is 0.158. The highest BCUT2D eigenvalue weighted by atomic mass is 16.1.